The Labute approximate surface area is 164 Å². The first-order valence-electron chi connectivity index (χ1n) is 8.93. The molecule has 0 unspecified atom stereocenters. The number of benzene rings is 2. The summed E-state index contributed by atoms with van der Waals surface area (Å²) < 4.78 is 11.5. The van der Waals surface area contributed by atoms with Gasteiger partial charge in [0.1, 0.15) is 30.2 Å². The van der Waals surface area contributed by atoms with Crippen LogP contribution in [0, 0.1) is 6.92 Å². The Balaban J connectivity index is 1.64. The van der Waals surface area contributed by atoms with Crippen molar-refractivity contribution in [3.05, 3.63) is 77.6 Å². The first-order chi connectivity index (χ1) is 13.0. The van der Waals surface area contributed by atoms with Crippen molar-refractivity contribution >= 4 is 18.0 Å². The molecule has 0 amide bonds. The maximum absolute atomic E-state index is 11.1. The van der Waals surface area contributed by atoms with Gasteiger partial charge in [0.05, 0.1) is 4.75 Å². The van der Waals surface area contributed by atoms with E-state index in [1.54, 1.807) is 11.8 Å². The Kier molecular flexibility index (Phi) is 6.07. The van der Waals surface area contributed by atoms with Crippen LogP contribution in [0.2, 0.25) is 0 Å². The third-order valence-electron chi connectivity index (χ3n) is 4.27. The fourth-order valence-electron chi connectivity index (χ4n) is 2.60. The van der Waals surface area contributed by atoms with Gasteiger partial charge in [0.2, 0.25) is 0 Å². The molecule has 1 aromatic heterocycles. The summed E-state index contributed by atoms with van der Waals surface area (Å²) in [6, 6.07) is 20.1. The molecule has 2 aromatic carbocycles. The number of carbonyl (C=O) groups excluding carboxylic acids is 1. The van der Waals surface area contributed by atoms with Crippen LogP contribution in [0.25, 0.3) is 11.3 Å². The molecule has 0 atom stereocenters. The number of thioether (sulfide) groups is 1. The lowest BCUT2D eigenvalue weighted by atomic mass is 10.1. The number of carbonyl (C=O) groups is 1. The van der Waals surface area contributed by atoms with Gasteiger partial charge in [-0.2, -0.15) is 0 Å². The van der Waals surface area contributed by atoms with E-state index < -0.39 is 0 Å². The zero-order valence-electron chi connectivity index (χ0n) is 15.9. The van der Waals surface area contributed by atoms with Gasteiger partial charge in [-0.05, 0) is 44.5 Å². The molecule has 0 saturated carbocycles. The van der Waals surface area contributed by atoms with Crippen LogP contribution in [-0.4, -0.2) is 11.0 Å². The Morgan fingerprint density at radius 1 is 1.07 bits per heavy atom. The number of hydrogen-bond donors (Lipinski definition) is 0. The summed E-state index contributed by atoms with van der Waals surface area (Å²) in [5.41, 5.74) is 3.24. The van der Waals surface area contributed by atoms with Gasteiger partial charge in [0.25, 0.3) is 0 Å². The van der Waals surface area contributed by atoms with E-state index in [1.807, 2.05) is 75.4 Å². The maximum Gasteiger partial charge on any atom is 0.135 e. The molecule has 0 aliphatic heterocycles. The van der Waals surface area contributed by atoms with Gasteiger partial charge in [-0.1, -0.05) is 42.5 Å². The zero-order valence-corrected chi connectivity index (χ0v) is 16.7. The van der Waals surface area contributed by atoms with Crippen LogP contribution in [0.3, 0.4) is 0 Å². The minimum absolute atomic E-state index is 0.376. The van der Waals surface area contributed by atoms with Gasteiger partial charge in [-0.15, -0.1) is 11.8 Å². The molecule has 1 heterocycles. The highest BCUT2D eigenvalue weighted by atomic mass is 32.2. The van der Waals surface area contributed by atoms with Crippen molar-refractivity contribution in [3.8, 4) is 17.1 Å². The van der Waals surface area contributed by atoms with Gasteiger partial charge in [-0.3, -0.25) is 0 Å². The molecule has 3 aromatic rings. The molecule has 0 fully saturated rings. The van der Waals surface area contributed by atoms with Crippen LogP contribution in [0.15, 0.2) is 65.1 Å². The average molecular weight is 381 g/mol. The van der Waals surface area contributed by atoms with E-state index in [9.17, 15) is 4.79 Å². The molecule has 0 saturated heterocycles. The van der Waals surface area contributed by atoms with E-state index in [4.69, 9.17) is 9.15 Å². The molecule has 3 rings (SSSR count). The second-order valence-corrected chi connectivity index (χ2v) is 8.63. The van der Waals surface area contributed by atoms with Crippen LogP contribution < -0.4 is 4.74 Å². The molecule has 4 heteroatoms. The summed E-state index contributed by atoms with van der Waals surface area (Å²) >= 11 is 1.62. The van der Waals surface area contributed by atoms with E-state index in [2.05, 4.69) is 6.07 Å². The molecule has 0 radical (unpaired) electrons. The topological polar surface area (TPSA) is 39.4 Å². The Bertz CT molecular complexity index is 897. The Morgan fingerprint density at radius 2 is 1.85 bits per heavy atom. The lowest BCUT2D eigenvalue weighted by Crippen LogP contribution is -2.16. The van der Waals surface area contributed by atoms with Crippen LogP contribution in [0.1, 0.15) is 30.7 Å². The molecule has 0 spiro atoms. The number of rotatable bonds is 8. The number of ether oxygens (including phenoxy) is 1. The molecular formula is C23H24O3S. The van der Waals surface area contributed by atoms with Crippen molar-refractivity contribution in [2.75, 3.05) is 0 Å². The lowest BCUT2D eigenvalue weighted by Gasteiger charge is -2.16. The van der Waals surface area contributed by atoms with Crippen molar-refractivity contribution in [3.63, 3.8) is 0 Å². The van der Waals surface area contributed by atoms with E-state index in [-0.39, 0.29) is 4.75 Å². The van der Waals surface area contributed by atoms with Crippen LogP contribution in [0.4, 0.5) is 0 Å². The highest BCUT2D eigenvalue weighted by Gasteiger charge is 2.17. The van der Waals surface area contributed by atoms with E-state index in [0.29, 0.717) is 6.61 Å². The molecule has 0 aliphatic rings. The summed E-state index contributed by atoms with van der Waals surface area (Å²) in [5.74, 6) is 3.31. The zero-order chi connectivity index (χ0) is 19.3. The number of hydrogen-bond acceptors (Lipinski definition) is 4. The Hall–Kier alpha value is -2.46. The van der Waals surface area contributed by atoms with Crippen molar-refractivity contribution in [1.82, 2.24) is 0 Å². The minimum Gasteiger partial charge on any atom is -0.489 e. The largest absolute Gasteiger partial charge is 0.489 e. The molecule has 3 nitrogen and oxygen atoms in total. The van der Waals surface area contributed by atoms with Gasteiger partial charge >= 0.3 is 0 Å². The summed E-state index contributed by atoms with van der Waals surface area (Å²) in [6.07, 6.45) is 0.990. The van der Waals surface area contributed by atoms with Crippen molar-refractivity contribution in [2.45, 2.75) is 37.9 Å². The third-order valence-corrected chi connectivity index (χ3v) is 5.58. The highest BCUT2D eigenvalue weighted by Crippen LogP contribution is 2.29. The number of furan rings is 1. The van der Waals surface area contributed by atoms with Crippen molar-refractivity contribution in [2.24, 2.45) is 0 Å². The maximum atomic E-state index is 11.1. The quantitative estimate of drug-likeness (QED) is 0.446. The predicted octanol–water partition coefficient (Wildman–Crippen LogP) is 6.04. The standard InChI is InChI=1S/C23H24O3S/c1-17-20(13-22(26-17)19-9-5-4-6-10-19)14-25-21-11-7-8-18(12-21)15-27-23(2,3)16-24/h4-13,16H,14-15H2,1-3H3. The normalized spacial score (nSPS) is 11.4. The molecule has 140 valence electrons. The van der Waals surface area contributed by atoms with Gasteiger partial charge in [0, 0.05) is 16.9 Å². The smallest absolute Gasteiger partial charge is 0.135 e. The van der Waals surface area contributed by atoms with Crippen molar-refractivity contribution < 1.29 is 13.9 Å². The van der Waals surface area contributed by atoms with E-state index >= 15 is 0 Å². The third kappa shape index (κ3) is 5.27. The van der Waals surface area contributed by atoms with Crippen LogP contribution in [0.5, 0.6) is 5.75 Å². The number of aryl methyl sites for hydroxylation is 1. The van der Waals surface area contributed by atoms with Crippen LogP contribution >= 0.6 is 11.8 Å². The SMILES string of the molecule is Cc1oc(-c2ccccc2)cc1COc1cccc(CSC(C)(C)C=O)c1. The monoisotopic (exact) mass is 380 g/mol. The summed E-state index contributed by atoms with van der Waals surface area (Å²) in [5, 5.41) is 0. The van der Waals surface area contributed by atoms with Crippen LogP contribution in [-0.2, 0) is 17.2 Å². The molecule has 0 bridgehead atoms. The number of aldehydes is 1. The lowest BCUT2D eigenvalue weighted by molar-refractivity contribution is -0.109. The fourth-order valence-corrected chi connectivity index (χ4v) is 3.38. The summed E-state index contributed by atoms with van der Waals surface area (Å²) in [4.78, 5) is 11.1. The highest BCUT2D eigenvalue weighted by molar-refractivity contribution is 8.00. The first kappa shape index (κ1) is 19.3. The molecular weight excluding hydrogens is 356 g/mol. The van der Waals surface area contributed by atoms with E-state index in [0.717, 1.165) is 46.0 Å². The van der Waals surface area contributed by atoms with Crippen molar-refractivity contribution in [1.29, 1.82) is 0 Å². The molecule has 27 heavy (non-hydrogen) atoms. The second-order valence-electron chi connectivity index (χ2n) is 7.00. The summed E-state index contributed by atoms with van der Waals surface area (Å²) in [7, 11) is 0. The minimum atomic E-state index is -0.376. The molecule has 0 N–H and O–H groups in total. The second kappa shape index (κ2) is 8.49. The predicted molar refractivity (Wildman–Crippen MR) is 111 cm³/mol. The first-order valence-corrected chi connectivity index (χ1v) is 9.92. The van der Waals surface area contributed by atoms with Gasteiger partial charge in [0.15, 0.2) is 0 Å². The van der Waals surface area contributed by atoms with Gasteiger partial charge in [-0.25, -0.2) is 0 Å². The molecule has 0 aliphatic carbocycles. The van der Waals surface area contributed by atoms with E-state index in [1.165, 1.54) is 0 Å². The average Bonchev–Trinajstić information content (AvgIpc) is 3.07. The summed E-state index contributed by atoms with van der Waals surface area (Å²) in [6.45, 7) is 6.27. The Morgan fingerprint density at radius 3 is 2.59 bits per heavy atom. The fraction of sp³-hybridized carbons (Fsp3) is 0.261. The van der Waals surface area contributed by atoms with Gasteiger partial charge < -0.3 is 13.9 Å².